The van der Waals surface area contributed by atoms with Crippen LogP contribution in [-0.4, -0.2) is 30.9 Å². The van der Waals surface area contributed by atoms with Crippen molar-refractivity contribution < 1.29 is 21.9 Å². The van der Waals surface area contributed by atoms with E-state index in [0.29, 0.717) is 19.4 Å². The third-order valence-corrected chi connectivity index (χ3v) is 2.67. The molecule has 1 aromatic carbocycles. The van der Waals surface area contributed by atoms with Crippen molar-refractivity contribution >= 4 is 28.4 Å². The van der Waals surface area contributed by atoms with Gasteiger partial charge in [0.05, 0.1) is 5.02 Å². The maximum atomic E-state index is 10.5. The molecule has 0 saturated carbocycles. The second-order valence-corrected chi connectivity index (χ2v) is 4.80. The maximum absolute atomic E-state index is 10.5. The van der Waals surface area contributed by atoms with Crippen LogP contribution in [0.1, 0.15) is 5.56 Å². The van der Waals surface area contributed by atoms with Crippen molar-refractivity contribution in [2.45, 2.75) is 6.42 Å². The minimum Gasteiger partial charge on any atom is -0.360 e. The molecule has 1 aromatic rings. The maximum Gasteiger partial charge on any atom is 0.446 e. The first-order valence-electron chi connectivity index (χ1n) is 4.74. The molecule has 0 aliphatic rings. The zero-order valence-electron chi connectivity index (χ0n) is 9.11. The molecule has 0 saturated heterocycles. The Hall–Kier alpha value is -1.35. The van der Waals surface area contributed by atoms with Crippen molar-refractivity contribution in [3.63, 3.8) is 0 Å². The van der Waals surface area contributed by atoms with Crippen LogP contribution in [0.5, 0.6) is 5.75 Å². The van der Waals surface area contributed by atoms with E-state index < -0.39 is 10.4 Å². The molecule has 1 rings (SSSR count). The van der Waals surface area contributed by atoms with Gasteiger partial charge in [-0.15, -0.1) is 0 Å². The Morgan fingerprint density at radius 2 is 2.17 bits per heavy atom. The number of benzene rings is 1. The average Bonchev–Trinajstić information content (AvgIpc) is 2.27. The molecule has 0 aromatic heterocycles. The molecule has 0 aliphatic heterocycles. The van der Waals surface area contributed by atoms with Crippen molar-refractivity contribution in [1.82, 2.24) is 5.01 Å². The summed E-state index contributed by atoms with van der Waals surface area (Å²) in [5.74, 6) is 5.09. The zero-order chi connectivity index (χ0) is 13.8. The number of rotatable bonds is 6. The molecular weight excluding hydrogens is 284 g/mol. The Labute approximate surface area is 109 Å². The van der Waals surface area contributed by atoms with E-state index in [1.54, 1.807) is 6.07 Å². The van der Waals surface area contributed by atoms with Crippen LogP contribution in [0.2, 0.25) is 5.02 Å². The number of hydrogen-bond acceptors (Lipinski definition) is 5. The molecule has 18 heavy (non-hydrogen) atoms. The van der Waals surface area contributed by atoms with Gasteiger partial charge >= 0.3 is 10.4 Å². The van der Waals surface area contributed by atoms with Gasteiger partial charge in [0.15, 0.2) is 5.75 Å². The van der Waals surface area contributed by atoms with Crippen LogP contribution in [0.25, 0.3) is 0 Å². The number of nitrogens with two attached hydrogens (primary N) is 1. The van der Waals surface area contributed by atoms with Crippen molar-refractivity contribution in [2.24, 2.45) is 5.84 Å². The van der Waals surface area contributed by atoms with Crippen LogP contribution < -0.4 is 10.0 Å². The van der Waals surface area contributed by atoms with Crippen molar-refractivity contribution in [1.29, 1.82) is 0 Å². The van der Waals surface area contributed by atoms with Gasteiger partial charge in [0.25, 0.3) is 0 Å². The lowest BCUT2D eigenvalue weighted by Crippen LogP contribution is -2.31. The minimum absolute atomic E-state index is 0.0276. The second-order valence-electron chi connectivity index (χ2n) is 3.37. The molecule has 0 radical (unpaired) electrons. The average molecular weight is 295 g/mol. The van der Waals surface area contributed by atoms with E-state index in [-0.39, 0.29) is 10.8 Å². The van der Waals surface area contributed by atoms with Gasteiger partial charge in [0.2, 0.25) is 6.41 Å². The Bertz CT molecular complexity index is 534. The van der Waals surface area contributed by atoms with E-state index in [0.717, 1.165) is 10.6 Å². The molecule has 1 amide bonds. The molecule has 3 N–H and O–H groups in total. The van der Waals surface area contributed by atoms with E-state index in [2.05, 4.69) is 4.18 Å². The van der Waals surface area contributed by atoms with Gasteiger partial charge in [-0.2, -0.15) is 8.42 Å². The molecule has 7 nitrogen and oxygen atoms in total. The number of hydrazine groups is 1. The summed E-state index contributed by atoms with van der Waals surface area (Å²) in [6.45, 7) is 0.290. The number of carbonyl (C=O) groups is 1. The first kappa shape index (κ1) is 14.7. The van der Waals surface area contributed by atoms with Gasteiger partial charge in [-0.3, -0.25) is 14.4 Å². The SMILES string of the molecule is NN(C=O)CCc1ccc(OS(=O)(=O)O)c(Cl)c1. The molecule has 0 unspecified atom stereocenters. The number of amides is 1. The topological polar surface area (TPSA) is 110 Å². The monoisotopic (exact) mass is 294 g/mol. The van der Waals surface area contributed by atoms with Gasteiger partial charge in [-0.05, 0) is 24.1 Å². The largest absolute Gasteiger partial charge is 0.446 e. The van der Waals surface area contributed by atoms with Crippen LogP contribution in [0.3, 0.4) is 0 Å². The number of hydrogen-bond donors (Lipinski definition) is 2. The van der Waals surface area contributed by atoms with Gasteiger partial charge < -0.3 is 4.18 Å². The van der Waals surface area contributed by atoms with Gasteiger partial charge in [-0.1, -0.05) is 17.7 Å². The summed E-state index contributed by atoms with van der Waals surface area (Å²) in [6, 6.07) is 4.30. The molecule has 100 valence electrons. The third-order valence-electron chi connectivity index (χ3n) is 1.99. The van der Waals surface area contributed by atoms with Crippen LogP contribution >= 0.6 is 11.6 Å². The fraction of sp³-hybridized carbons (Fsp3) is 0.222. The first-order valence-corrected chi connectivity index (χ1v) is 6.48. The van der Waals surface area contributed by atoms with Crippen molar-refractivity contribution in [3.8, 4) is 5.75 Å². The van der Waals surface area contributed by atoms with Crippen LogP contribution in [0.4, 0.5) is 0 Å². The Kier molecular flexibility index (Phi) is 4.91. The van der Waals surface area contributed by atoms with Crippen molar-refractivity contribution in [3.05, 3.63) is 28.8 Å². The number of halogens is 1. The Morgan fingerprint density at radius 1 is 1.50 bits per heavy atom. The quantitative estimate of drug-likeness (QED) is 0.258. The normalized spacial score (nSPS) is 11.1. The molecule has 0 heterocycles. The highest BCUT2D eigenvalue weighted by molar-refractivity contribution is 7.81. The molecule has 0 fully saturated rings. The highest BCUT2D eigenvalue weighted by Gasteiger charge is 2.11. The summed E-state index contributed by atoms with van der Waals surface area (Å²) in [6.07, 6.45) is 0.929. The summed E-state index contributed by atoms with van der Waals surface area (Å²) in [4.78, 5) is 10.3. The van der Waals surface area contributed by atoms with Gasteiger partial charge in [0, 0.05) is 6.54 Å². The lowest BCUT2D eigenvalue weighted by atomic mass is 10.1. The molecule has 0 atom stereocenters. The standard InChI is InChI=1S/C9H11ClN2O5S/c10-8-5-7(3-4-12(11)6-13)1-2-9(8)17-18(14,15)16/h1-2,5-6H,3-4,11H2,(H,14,15,16). The molecule has 9 heteroatoms. The number of nitrogens with zero attached hydrogens (tertiary/aromatic N) is 1. The Balaban J connectivity index is 2.76. The highest BCUT2D eigenvalue weighted by atomic mass is 35.5. The first-order chi connectivity index (χ1) is 8.31. The van der Waals surface area contributed by atoms with Crippen LogP contribution in [-0.2, 0) is 21.6 Å². The van der Waals surface area contributed by atoms with Gasteiger partial charge in [-0.25, -0.2) is 5.84 Å². The van der Waals surface area contributed by atoms with Crippen LogP contribution in [0.15, 0.2) is 18.2 Å². The summed E-state index contributed by atoms with van der Waals surface area (Å²) in [5.41, 5.74) is 0.736. The summed E-state index contributed by atoms with van der Waals surface area (Å²) < 4.78 is 33.7. The summed E-state index contributed by atoms with van der Waals surface area (Å²) >= 11 is 5.77. The lowest BCUT2D eigenvalue weighted by Gasteiger charge is -2.10. The zero-order valence-corrected chi connectivity index (χ0v) is 10.7. The fourth-order valence-electron chi connectivity index (χ4n) is 1.19. The van der Waals surface area contributed by atoms with Crippen molar-refractivity contribution in [2.75, 3.05) is 6.54 Å². The van der Waals surface area contributed by atoms with Crippen LogP contribution in [0, 0.1) is 0 Å². The molecule has 0 aliphatic carbocycles. The molecular formula is C9H11ClN2O5S. The summed E-state index contributed by atoms with van der Waals surface area (Å²) in [7, 11) is -4.60. The number of carbonyl (C=O) groups excluding carboxylic acids is 1. The minimum atomic E-state index is -4.60. The highest BCUT2D eigenvalue weighted by Crippen LogP contribution is 2.26. The predicted molar refractivity (Wildman–Crippen MR) is 64.3 cm³/mol. The van der Waals surface area contributed by atoms with E-state index in [1.165, 1.54) is 12.1 Å². The predicted octanol–water partition coefficient (Wildman–Crippen LogP) is 0.396. The molecule has 0 spiro atoms. The van der Waals surface area contributed by atoms with E-state index >= 15 is 0 Å². The van der Waals surface area contributed by atoms with Gasteiger partial charge in [0.1, 0.15) is 0 Å². The summed E-state index contributed by atoms with van der Waals surface area (Å²) in [5, 5.41) is 0.996. The fourth-order valence-corrected chi connectivity index (χ4v) is 1.85. The Morgan fingerprint density at radius 3 is 2.67 bits per heavy atom. The second kappa shape index (κ2) is 6.01. The third kappa shape index (κ3) is 4.88. The molecule has 0 bridgehead atoms. The lowest BCUT2D eigenvalue weighted by molar-refractivity contribution is -0.118. The van der Waals surface area contributed by atoms with E-state index in [4.69, 9.17) is 22.0 Å². The van der Waals surface area contributed by atoms with E-state index in [1.807, 2.05) is 0 Å². The van der Waals surface area contributed by atoms with E-state index in [9.17, 15) is 13.2 Å². The smallest absolute Gasteiger partial charge is 0.360 e.